The highest BCUT2D eigenvalue weighted by Gasteiger charge is 2.36. The molecule has 3 rings (SSSR count). The zero-order chi connectivity index (χ0) is 17.1. The number of fused-ring (bicyclic) bond motifs is 1. The van der Waals surface area contributed by atoms with Crippen LogP contribution in [0.1, 0.15) is 23.0 Å². The molecule has 0 saturated heterocycles. The minimum absolute atomic E-state index is 0.00472. The molecule has 0 radical (unpaired) electrons. The van der Waals surface area contributed by atoms with E-state index in [2.05, 4.69) is 5.32 Å². The predicted octanol–water partition coefficient (Wildman–Crippen LogP) is 2.51. The van der Waals surface area contributed by atoms with Gasteiger partial charge in [0.15, 0.2) is 5.75 Å². The van der Waals surface area contributed by atoms with Gasteiger partial charge in [0.05, 0.1) is 6.10 Å². The number of hydrogen-bond donors (Lipinski definition) is 2. The molecule has 0 bridgehead atoms. The third kappa shape index (κ3) is 3.43. The predicted molar refractivity (Wildman–Crippen MR) is 91.5 cm³/mol. The maximum atomic E-state index is 13.8. The van der Waals surface area contributed by atoms with E-state index in [0.29, 0.717) is 13.1 Å². The van der Waals surface area contributed by atoms with Crippen LogP contribution in [-0.4, -0.2) is 43.5 Å². The highest BCUT2D eigenvalue weighted by atomic mass is 19.1. The molecule has 1 aliphatic heterocycles. The van der Waals surface area contributed by atoms with Crippen LogP contribution in [0.3, 0.4) is 0 Å². The molecule has 0 fully saturated rings. The van der Waals surface area contributed by atoms with Crippen LogP contribution >= 0.6 is 0 Å². The zero-order valence-electron chi connectivity index (χ0n) is 13.9. The van der Waals surface area contributed by atoms with Gasteiger partial charge in [-0.05, 0) is 30.8 Å². The van der Waals surface area contributed by atoms with Gasteiger partial charge in [0.25, 0.3) is 0 Å². The Balaban J connectivity index is 2.05. The third-order valence-corrected chi connectivity index (χ3v) is 4.52. The molecule has 2 N–H and O–H groups in total. The average Bonchev–Trinajstić information content (AvgIpc) is 2.55. The van der Waals surface area contributed by atoms with Crippen LogP contribution < -0.4 is 10.2 Å². The minimum atomic E-state index is -0.638. The Kier molecular flexibility index (Phi) is 5.14. The molecule has 24 heavy (non-hydrogen) atoms. The van der Waals surface area contributed by atoms with Crippen LogP contribution in [0.2, 0.25) is 0 Å². The Hall–Kier alpha value is -1.95. The van der Waals surface area contributed by atoms with Crippen LogP contribution in [0.15, 0.2) is 48.5 Å². The first-order chi connectivity index (χ1) is 11.6. The summed E-state index contributed by atoms with van der Waals surface area (Å²) in [5, 5.41) is 15.6. The van der Waals surface area contributed by atoms with Gasteiger partial charge < -0.3 is 15.3 Å². The lowest BCUT2D eigenvalue weighted by atomic mass is 9.77. The van der Waals surface area contributed by atoms with E-state index in [4.69, 9.17) is 4.84 Å². The van der Waals surface area contributed by atoms with Crippen molar-refractivity contribution in [2.75, 3.05) is 27.2 Å². The van der Waals surface area contributed by atoms with E-state index in [1.54, 1.807) is 18.2 Å². The number of para-hydroxylation sites is 1. The SMILES string of the molecule is CNCC(O)[C@H](c1cccc(F)c1)C1CN(C)Oc2ccccc21. The number of benzene rings is 2. The number of hydrogen-bond acceptors (Lipinski definition) is 4. The van der Waals surface area contributed by atoms with Crippen LogP contribution in [0.25, 0.3) is 0 Å². The van der Waals surface area contributed by atoms with E-state index < -0.39 is 6.10 Å². The van der Waals surface area contributed by atoms with Gasteiger partial charge in [-0.1, -0.05) is 30.3 Å². The molecule has 0 spiro atoms. The van der Waals surface area contributed by atoms with Crippen molar-refractivity contribution in [2.24, 2.45) is 0 Å². The summed E-state index contributed by atoms with van der Waals surface area (Å²) in [5.74, 6) is 0.267. The van der Waals surface area contributed by atoms with Crippen LogP contribution in [-0.2, 0) is 0 Å². The lowest BCUT2D eigenvalue weighted by Crippen LogP contribution is -2.40. The Labute approximate surface area is 141 Å². The van der Waals surface area contributed by atoms with Gasteiger partial charge in [-0.3, -0.25) is 0 Å². The molecular weight excluding hydrogens is 307 g/mol. The topological polar surface area (TPSA) is 44.7 Å². The van der Waals surface area contributed by atoms with Gasteiger partial charge in [-0.25, -0.2) is 4.39 Å². The highest BCUT2D eigenvalue weighted by molar-refractivity contribution is 5.41. The molecule has 1 aliphatic rings. The smallest absolute Gasteiger partial charge is 0.151 e. The van der Waals surface area contributed by atoms with Crippen molar-refractivity contribution in [2.45, 2.75) is 17.9 Å². The average molecular weight is 330 g/mol. The van der Waals surface area contributed by atoms with Crippen molar-refractivity contribution in [3.8, 4) is 5.75 Å². The molecule has 5 heteroatoms. The summed E-state index contributed by atoms with van der Waals surface area (Å²) < 4.78 is 13.8. The Morgan fingerprint density at radius 3 is 2.83 bits per heavy atom. The van der Waals surface area contributed by atoms with E-state index in [1.807, 2.05) is 37.4 Å². The van der Waals surface area contributed by atoms with E-state index in [9.17, 15) is 9.50 Å². The molecule has 2 aromatic rings. The number of aliphatic hydroxyl groups excluding tert-OH is 1. The Morgan fingerprint density at radius 1 is 1.29 bits per heavy atom. The monoisotopic (exact) mass is 330 g/mol. The Bertz CT molecular complexity index is 695. The first-order valence-electron chi connectivity index (χ1n) is 8.16. The van der Waals surface area contributed by atoms with Gasteiger partial charge in [0.1, 0.15) is 5.82 Å². The molecule has 1 heterocycles. The number of nitrogens with one attached hydrogen (secondary N) is 1. The molecule has 4 nitrogen and oxygen atoms in total. The maximum Gasteiger partial charge on any atom is 0.151 e. The van der Waals surface area contributed by atoms with Crippen LogP contribution in [0, 0.1) is 5.82 Å². The van der Waals surface area contributed by atoms with Gasteiger partial charge in [-0.15, -0.1) is 5.06 Å². The fourth-order valence-electron chi connectivity index (χ4n) is 3.53. The summed E-state index contributed by atoms with van der Waals surface area (Å²) in [7, 11) is 3.67. The fourth-order valence-corrected chi connectivity index (χ4v) is 3.53. The normalized spacial score (nSPS) is 20.1. The van der Waals surface area contributed by atoms with Crippen LogP contribution in [0.4, 0.5) is 4.39 Å². The number of hydroxylamine groups is 2. The quantitative estimate of drug-likeness (QED) is 0.884. The fraction of sp³-hybridized carbons (Fsp3) is 0.368. The van der Waals surface area contributed by atoms with Crippen LogP contribution in [0.5, 0.6) is 5.75 Å². The maximum absolute atomic E-state index is 13.8. The van der Waals surface area contributed by atoms with E-state index in [0.717, 1.165) is 16.9 Å². The number of rotatable bonds is 5. The number of aliphatic hydroxyl groups is 1. The molecule has 2 aromatic carbocycles. The molecule has 0 aliphatic carbocycles. The zero-order valence-corrected chi connectivity index (χ0v) is 13.9. The molecular formula is C19H23FN2O2. The highest BCUT2D eigenvalue weighted by Crippen LogP contribution is 2.42. The summed E-state index contributed by atoms with van der Waals surface area (Å²) in [6, 6.07) is 14.3. The molecule has 0 amide bonds. The molecule has 3 atom stereocenters. The van der Waals surface area contributed by atoms with Crippen molar-refractivity contribution in [3.63, 3.8) is 0 Å². The summed E-state index contributed by atoms with van der Waals surface area (Å²) >= 11 is 0. The molecule has 128 valence electrons. The minimum Gasteiger partial charge on any atom is -0.406 e. The second kappa shape index (κ2) is 7.30. The lowest BCUT2D eigenvalue weighted by molar-refractivity contribution is -0.0583. The first-order valence-corrected chi connectivity index (χ1v) is 8.16. The molecule has 0 aromatic heterocycles. The van der Waals surface area contributed by atoms with Crippen molar-refractivity contribution >= 4 is 0 Å². The summed E-state index contributed by atoms with van der Waals surface area (Å²) in [6.45, 7) is 1.06. The van der Waals surface area contributed by atoms with E-state index in [-0.39, 0.29) is 17.7 Å². The summed E-state index contributed by atoms with van der Waals surface area (Å²) in [5.41, 5.74) is 1.84. The summed E-state index contributed by atoms with van der Waals surface area (Å²) in [4.78, 5) is 5.77. The number of likely N-dealkylation sites (N-methyl/N-ethyl adjacent to an activating group) is 2. The van der Waals surface area contributed by atoms with Gasteiger partial charge in [-0.2, -0.15) is 0 Å². The third-order valence-electron chi connectivity index (χ3n) is 4.52. The van der Waals surface area contributed by atoms with Gasteiger partial charge in [0.2, 0.25) is 0 Å². The van der Waals surface area contributed by atoms with Gasteiger partial charge in [0, 0.05) is 37.5 Å². The second-order valence-corrected chi connectivity index (χ2v) is 6.25. The van der Waals surface area contributed by atoms with Gasteiger partial charge >= 0.3 is 0 Å². The number of halogens is 1. The number of nitrogens with zero attached hydrogens (tertiary/aromatic N) is 1. The van der Waals surface area contributed by atoms with E-state index in [1.165, 1.54) is 12.1 Å². The standard InChI is InChI=1S/C19H23FN2O2/c1-21-11-17(23)19(13-6-5-7-14(20)10-13)16-12-22(2)24-18-9-4-3-8-15(16)18/h3-10,16-17,19,21,23H,11-12H2,1-2H3/t16?,17?,19-/m1/s1. The largest absolute Gasteiger partial charge is 0.406 e. The second-order valence-electron chi connectivity index (χ2n) is 6.25. The molecule has 0 saturated carbocycles. The summed E-state index contributed by atoms with van der Waals surface area (Å²) in [6.07, 6.45) is -0.638. The molecule has 2 unspecified atom stereocenters. The van der Waals surface area contributed by atoms with Crippen molar-refractivity contribution in [1.29, 1.82) is 0 Å². The van der Waals surface area contributed by atoms with E-state index >= 15 is 0 Å². The lowest BCUT2D eigenvalue weighted by Gasteiger charge is -2.38. The van der Waals surface area contributed by atoms with Crippen molar-refractivity contribution in [1.82, 2.24) is 10.4 Å². The van der Waals surface area contributed by atoms with Crippen molar-refractivity contribution < 1.29 is 14.3 Å². The Morgan fingerprint density at radius 2 is 2.08 bits per heavy atom. The van der Waals surface area contributed by atoms with Crippen molar-refractivity contribution in [3.05, 3.63) is 65.5 Å². The first kappa shape index (κ1) is 16.9.